The third kappa shape index (κ3) is 3.26. The standard InChI is InChI=1S/C13H11N3O5S/c1-7-3-4-8(5-9(7)16(19)20)11(17)15-13-14-6-10(22-13)12(18)21-2/h3-6H,1-2H3,(H,14,15,17). The van der Waals surface area contributed by atoms with Gasteiger partial charge in [-0.05, 0) is 13.0 Å². The van der Waals surface area contributed by atoms with Crippen LogP contribution in [0.4, 0.5) is 10.8 Å². The number of nitro benzene ring substituents is 1. The Labute approximate surface area is 128 Å². The molecule has 1 amide bonds. The Balaban J connectivity index is 2.19. The van der Waals surface area contributed by atoms with Crippen LogP contribution in [0.15, 0.2) is 24.4 Å². The molecule has 0 bridgehead atoms. The van der Waals surface area contributed by atoms with Crippen molar-refractivity contribution in [3.05, 3.63) is 50.5 Å². The number of hydrogen-bond donors (Lipinski definition) is 1. The highest BCUT2D eigenvalue weighted by Crippen LogP contribution is 2.22. The predicted molar refractivity (Wildman–Crippen MR) is 79.2 cm³/mol. The molecule has 2 aromatic rings. The number of aromatic nitrogens is 1. The normalized spacial score (nSPS) is 10.1. The van der Waals surface area contributed by atoms with E-state index in [0.717, 1.165) is 11.3 Å². The molecule has 1 heterocycles. The average molecular weight is 321 g/mol. The Morgan fingerprint density at radius 1 is 1.41 bits per heavy atom. The highest BCUT2D eigenvalue weighted by Gasteiger charge is 2.17. The molecule has 1 aromatic carbocycles. The number of carbonyl (C=O) groups excluding carboxylic acids is 2. The van der Waals surface area contributed by atoms with Gasteiger partial charge < -0.3 is 4.74 Å². The maximum atomic E-state index is 12.1. The molecule has 0 aliphatic rings. The predicted octanol–water partition coefficient (Wildman–Crippen LogP) is 2.40. The van der Waals surface area contributed by atoms with E-state index in [0.29, 0.717) is 5.56 Å². The van der Waals surface area contributed by atoms with E-state index in [4.69, 9.17) is 0 Å². The summed E-state index contributed by atoms with van der Waals surface area (Å²) in [6.07, 6.45) is 1.28. The molecule has 0 aliphatic carbocycles. The zero-order valence-corrected chi connectivity index (χ0v) is 12.5. The van der Waals surface area contributed by atoms with Gasteiger partial charge in [-0.1, -0.05) is 17.4 Å². The lowest BCUT2D eigenvalue weighted by atomic mass is 10.1. The highest BCUT2D eigenvalue weighted by atomic mass is 32.1. The molecular formula is C13H11N3O5S. The van der Waals surface area contributed by atoms with Crippen molar-refractivity contribution in [3.8, 4) is 0 Å². The first kappa shape index (κ1) is 15.6. The van der Waals surface area contributed by atoms with Gasteiger partial charge in [-0.25, -0.2) is 9.78 Å². The highest BCUT2D eigenvalue weighted by molar-refractivity contribution is 7.17. The van der Waals surface area contributed by atoms with E-state index >= 15 is 0 Å². The van der Waals surface area contributed by atoms with Crippen molar-refractivity contribution in [2.45, 2.75) is 6.92 Å². The van der Waals surface area contributed by atoms with Crippen LogP contribution in [-0.4, -0.2) is 28.9 Å². The van der Waals surface area contributed by atoms with Gasteiger partial charge in [-0.2, -0.15) is 0 Å². The fourth-order valence-electron chi connectivity index (χ4n) is 1.64. The number of nitrogens with zero attached hydrogens (tertiary/aromatic N) is 2. The molecule has 22 heavy (non-hydrogen) atoms. The van der Waals surface area contributed by atoms with Gasteiger partial charge in [0.2, 0.25) is 0 Å². The Morgan fingerprint density at radius 3 is 2.77 bits per heavy atom. The lowest BCUT2D eigenvalue weighted by Crippen LogP contribution is -2.12. The van der Waals surface area contributed by atoms with Crippen molar-refractivity contribution in [1.82, 2.24) is 4.98 Å². The lowest BCUT2D eigenvalue weighted by molar-refractivity contribution is -0.385. The first-order chi connectivity index (χ1) is 10.4. The fraction of sp³-hybridized carbons (Fsp3) is 0.154. The van der Waals surface area contributed by atoms with Crippen LogP contribution in [0.2, 0.25) is 0 Å². The maximum Gasteiger partial charge on any atom is 0.349 e. The van der Waals surface area contributed by atoms with Crippen molar-refractivity contribution in [3.63, 3.8) is 0 Å². The second kappa shape index (κ2) is 6.31. The second-order valence-electron chi connectivity index (χ2n) is 4.23. The van der Waals surface area contributed by atoms with Gasteiger partial charge in [-0.3, -0.25) is 20.2 Å². The van der Waals surface area contributed by atoms with Crippen LogP contribution in [0.25, 0.3) is 0 Å². The lowest BCUT2D eigenvalue weighted by Gasteiger charge is -2.03. The first-order valence-electron chi connectivity index (χ1n) is 6.03. The van der Waals surface area contributed by atoms with Crippen LogP contribution in [0.1, 0.15) is 25.6 Å². The van der Waals surface area contributed by atoms with Gasteiger partial charge in [0.15, 0.2) is 5.13 Å². The van der Waals surface area contributed by atoms with E-state index in [1.165, 1.54) is 31.5 Å². The summed E-state index contributed by atoms with van der Waals surface area (Å²) in [6, 6.07) is 4.17. The van der Waals surface area contributed by atoms with Crippen LogP contribution < -0.4 is 5.32 Å². The third-order valence-electron chi connectivity index (χ3n) is 2.78. The quantitative estimate of drug-likeness (QED) is 0.526. The molecule has 114 valence electrons. The summed E-state index contributed by atoms with van der Waals surface area (Å²) in [6.45, 7) is 1.59. The zero-order chi connectivity index (χ0) is 16.3. The molecule has 0 unspecified atom stereocenters. The number of aryl methyl sites for hydroxylation is 1. The van der Waals surface area contributed by atoms with Crippen LogP contribution in [0.3, 0.4) is 0 Å². The van der Waals surface area contributed by atoms with E-state index < -0.39 is 16.8 Å². The van der Waals surface area contributed by atoms with E-state index in [9.17, 15) is 19.7 Å². The molecule has 1 N–H and O–H groups in total. The minimum atomic E-state index is -0.552. The monoisotopic (exact) mass is 321 g/mol. The average Bonchev–Trinajstić information content (AvgIpc) is 2.95. The summed E-state index contributed by atoms with van der Waals surface area (Å²) in [5, 5.41) is 13.6. The van der Waals surface area contributed by atoms with Gasteiger partial charge in [-0.15, -0.1) is 0 Å². The first-order valence-corrected chi connectivity index (χ1v) is 6.84. The van der Waals surface area contributed by atoms with Gasteiger partial charge in [0, 0.05) is 17.2 Å². The Morgan fingerprint density at radius 2 is 2.14 bits per heavy atom. The molecule has 2 rings (SSSR count). The van der Waals surface area contributed by atoms with E-state index in [2.05, 4.69) is 15.0 Å². The van der Waals surface area contributed by atoms with Crippen molar-refractivity contribution < 1.29 is 19.2 Å². The molecule has 0 fully saturated rings. The smallest absolute Gasteiger partial charge is 0.349 e. The summed E-state index contributed by atoms with van der Waals surface area (Å²) in [5.74, 6) is -1.10. The zero-order valence-electron chi connectivity index (χ0n) is 11.7. The number of esters is 1. The fourth-order valence-corrected chi connectivity index (χ4v) is 2.37. The molecule has 9 heteroatoms. The Bertz CT molecular complexity index is 756. The number of carbonyl (C=O) groups is 2. The van der Waals surface area contributed by atoms with Gasteiger partial charge in [0.25, 0.3) is 11.6 Å². The number of amides is 1. The van der Waals surface area contributed by atoms with Crippen LogP contribution in [-0.2, 0) is 4.74 Å². The molecule has 0 saturated heterocycles. The minimum absolute atomic E-state index is 0.132. The van der Waals surface area contributed by atoms with Gasteiger partial charge >= 0.3 is 5.97 Å². The van der Waals surface area contributed by atoms with Crippen LogP contribution in [0.5, 0.6) is 0 Å². The summed E-state index contributed by atoms with van der Waals surface area (Å²) in [5.41, 5.74) is 0.456. The number of hydrogen-bond acceptors (Lipinski definition) is 7. The number of nitro groups is 1. The number of ether oxygens (including phenoxy) is 1. The molecular weight excluding hydrogens is 310 g/mol. The van der Waals surface area contributed by atoms with Crippen molar-refractivity contribution >= 4 is 34.0 Å². The SMILES string of the molecule is COC(=O)c1cnc(NC(=O)c2ccc(C)c([N+](=O)[O-])c2)s1. The number of benzene rings is 1. The number of nitrogens with one attached hydrogen (secondary N) is 1. The molecule has 0 spiro atoms. The van der Waals surface area contributed by atoms with Gasteiger partial charge in [0.1, 0.15) is 4.88 Å². The van der Waals surface area contributed by atoms with E-state index in [1.54, 1.807) is 6.92 Å². The van der Waals surface area contributed by atoms with Crippen LogP contribution >= 0.6 is 11.3 Å². The van der Waals surface area contributed by atoms with E-state index in [1.807, 2.05) is 0 Å². The molecule has 0 radical (unpaired) electrons. The topological polar surface area (TPSA) is 111 Å². The summed E-state index contributed by atoms with van der Waals surface area (Å²) in [4.78, 5) is 37.8. The molecule has 0 aliphatic heterocycles. The third-order valence-corrected chi connectivity index (χ3v) is 3.67. The molecule has 8 nitrogen and oxygen atoms in total. The van der Waals surface area contributed by atoms with E-state index in [-0.39, 0.29) is 21.3 Å². The molecule has 0 atom stereocenters. The number of thiazole rings is 1. The minimum Gasteiger partial charge on any atom is -0.465 e. The van der Waals surface area contributed by atoms with Crippen molar-refractivity contribution in [2.75, 3.05) is 12.4 Å². The Kier molecular flexibility index (Phi) is 4.47. The second-order valence-corrected chi connectivity index (χ2v) is 5.26. The largest absolute Gasteiger partial charge is 0.465 e. The Hall–Kier alpha value is -2.81. The molecule has 1 aromatic heterocycles. The number of rotatable bonds is 4. The number of methoxy groups -OCH3 is 1. The maximum absolute atomic E-state index is 12.1. The summed E-state index contributed by atoms with van der Waals surface area (Å²) < 4.78 is 4.54. The van der Waals surface area contributed by atoms with Crippen molar-refractivity contribution in [2.24, 2.45) is 0 Å². The van der Waals surface area contributed by atoms with Crippen molar-refractivity contribution in [1.29, 1.82) is 0 Å². The summed E-state index contributed by atoms with van der Waals surface area (Å²) in [7, 11) is 1.24. The summed E-state index contributed by atoms with van der Waals surface area (Å²) >= 11 is 0.951. The van der Waals surface area contributed by atoms with Crippen LogP contribution in [0, 0.1) is 17.0 Å². The molecule has 0 saturated carbocycles. The number of anilines is 1. The van der Waals surface area contributed by atoms with Gasteiger partial charge in [0.05, 0.1) is 18.2 Å².